The van der Waals surface area contributed by atoms with Gasteiger partial charge >= 0.3 is 0 Å². The molecule has 0 radical (unpaired) electrons. The van der Waals surface area contributed by atoms with E-state index < -0.39 is 23.6 Å². The van der Waals surface area contributed by atoms with E-state index in [1.54, 1.807) is 33.2 Å². The minimum Gasteiger partial charge on any atom is -0.482 e. The molecule has 2 amide bonds. The fourth-order valence-electron chi connectivity index (χ4n) is 2.27. The van der Waals surface area contributed by atoms with Gasteiger partial charge in [-0.05, 0) is 43.7 Å². The number of ether oxygens (including phenoxy) is 1. The van der Waals surface area contributed by atoms with E-state index in [0.717, 1.165) is 23.8 Å². The van der Waals surface area contributed by atoms with Crippen LogP contribution in [0.1, 0.15) is 12.5 Å². The van der Waals surface area contributed by atoms with Gasteiger partial charge in [0.15, 0.2) is 6.61 Å². The number of nitrogens with one attached hydrogen (secondary N) is 2. The van der Waals surface area contributed by atoms with Crippen LogP contribution >= 0.6 is 0 Å². The van der Waals surface area contributed by atoms with Gasteiger partial charge in [-0.15, -0.1) is 0 Å². The second-order valence-corrected chi connectivity index (χ2v) is 6.56. The second-order valence-electron chi connectivity index (χ2n) is 6.56. The molecule has 2 N–H and O–H groups in total. The highest BCUT2D eigenvalue weighted by atomic mass is 19.1. The number of hydrogen-bond acceptors (Lipinski definition) is 4. The molecule has 0 spiro atoms. The summed E-state index contributed by atoms with van der Waals surface area (Å²) in [4.78, 5) is 25.5. The Bertz CT molecular complexity index is 872. The lowest BCUT2D eigenvalue weighted by Crippen LogP contribution is -2.32. The van der Waals surface area contributed by atoms with E-state index in [4.69, 9.17) is 4.74 Å². The zero-order valence-electron chi connectivity index (χ0n) is 16.2. The van der Waals surface area contributed by atoms with Crippen molar-refractivity contribution >= 4 is 23.2 Å². The van der Waals surface area contributed by atoms with E-state index in [9.17, 15) is 18.4 Å². The Hall–Kier alpha value is -3.16. The molecule has 8 heteroatoms. The Morgan fingerprint density at radius 1 is 1.11 bits per heavy atom. The standard InChI is InChI=1S/C20H23F2N3O3/c1-12-5-8-16(18(9-12)28-11-19(26)25(3)4)23-13(2)20(27)24-17-10-14(21)6-7-15(17)22/h5-10,13,23H,11H2,1-4H3,(H,24,27). The highest BCUT2D eigenvalue weighted by Gasteiger charge is 2.17. The third kappa shape index (κ3) is 5.67. The van der Waals surface area contributed by atoms with Gasteiger partial charge in [0.2, 0.25) is 5.91 Å². The fraction of sp³-hybridized carbons (Fsp3) is 0.300. The van der Waals surface area contributed by atoms with Crippen LogP contribution in [0.2, 0.25) is 0 Å². The molecule has 0 aliphatic heterocycles. The van der Waals surface area contributed by atoms with Crippen LogP contribution in [0.3, 0.4) is 0 Å². The molecular weight excluding hydrogens is 368 g/mol. The van der Waals surface area contributed by atoms with Crippen LogP contribution in [-0.2, 0) is 9.59 Å². The molecular formula is C20H23F2N3O3. The molecule has 0 aliphatic rings. The summed E-state index contributed by atoms with van der Waals surface area (Å²) in [5.41, 5.74) is 1.17. The predicted octanol–water partition coefficient (Wildman–Crippen LogP) is 3.18. The van der Waals surface area contributed by atoms with Crippen molar-refractivity contribution in [3.8, 4) is 5.75 Å². The number of amides is 2. The van der Waals surface area contributed by atoms with E-state index >= 15 is 0 Å². The number of rotatable bonds is 7. The van der Waals surface area contributed by atoms with Crippen molar-refractivity contribution in [1.29, 1.82) is 0 Å². The first-order valence-corrected chi connectivity index (χ1v) is 8.63. The Morgan fingerprint density at radius 2 is 1.82 bits per heavy atom. The van der Waals surface area contributed by atoms with Gasteiger partial charge in [-0.25, -0.2) is 8.78 Å². The van der Waals surface area contributed by atoms with Crippen molar-refractivity contribution in [2.24, 2.45) is 0 Å². The molecule has 1 unspecified atom stereocenters. The van der Waals surface area contributed by atoms with Crippen molar-refractivity contribution in [2.75, 3.05) is 31.3 Å². The van der Waals surface area contributed by atoms with E-state index in [-0.39, 0.29) is 18.2 Å². The van der Waals surface area contributed by atoms with Crippen LogP contribution in [0, 0.1) is 18.6 Å². The van der Waals surface area contributed by atoms with E-state index in [1.807, 2.05) is 13.0 Å². The molecule has 0 bridgehead atoms. The lowest BCUT2D eigenvalue weighted by Gasteiger charge is -2.19. The third-order valence-electron chi connectivity index (χ3n) is 3.94. The lowest BCUT2D eigenvalue weighted by atomic mass is 10.2. The molecule has 0 saturated heterocycles. The normalized spacial score (nSPS) is 11.5. The number of anilines is 2. The van der Waals surface area contributed by atoms with Crippen LogP contribution < -0.4 is 15.4 Å². The van der Waals surface area contributed by atoms with Gasteiger partial charge in [-0.3, -0.25) is 9.59 Å². The summed E-state index contributed by atoms with van der Waals surface area (Å²) in [6.45, 7) is 3.29. The highest BCUT2D eigenvalue weighted by Crippen LogP contribution is 2.27. The summed E-state index contributed by atoms with van der Waals surface area (Å²) in [7, 11) is 3.25. The van der Waals surface area contributed by atoms with Crippen molar-refractivity contribution in [2.45, 2.75) is 19.9 Å². The number of aryl methyl sites for hydroxylation is 1. The van der Waals surface area contributed by atoms with Crippen LogP contribution in [0.15, 0.2) is 36.4 Å². The Labute approximate surface area is 162 Å². The molecule has 0 aliphatic carbocycles. The molecule has 2 aromatic carbocycles. The minimum atomic E-state index is -0.780. The van der Waals surface area contributed by atoms with Crippen LogP contribution in [-0.4, -0.2) is 43.5 Å². The molecule has 0 aromatic heterocycles. The highest BCUT2D eigenvalue weighted by molar-refractivity contribution is 5.96. The van der Waals surface area contributed by atoms with Crippen LogP contribution in [0.5, 0.6) is 5.75 Å². The van der Waals surface area contributed by atoms with Crippen molar-refractivity contribution in [1.82, 2.24) is 4.90 Å². The summed E-state index contributed by atoms with van der Waals surface area (Å²) in [6.07, 6.45) is 0. The van der Waals surface area contributed by atoms with Gasteiger partial charge in [0.05, 0.1) is 11.4 Å². The molecule has 0 saturated carbocycles. The number of carbonyl (C=O) groups is 2. The fourth-order valence-corrected chi connectivity index (χ4v) is 2.27. The van der Waals surface area contributed by atoms with Crippen LogP contribution in [0.4, 0.5) is 20.2 Å². The summed E-state index contributed by atoms with van der Waals surface area (Å²) in [6, 6.07) is 7.32. The summed E-state index contributed by atoms with van der Waals surface area (Å²) >= 11 is 0. The lowest BCUT2D eigenvalue weighted by molar-refractivity contribution is -0.130. The number of carbonyl (C=O) groups excluding carboxylic acids is 2. The first-order valence-electron chi connectivity index (χ1n) is 8.63. The molecule has 28 heavy (non-hydrogen) atoms. The zero-order valence-corrected chi connectivity index (χ0v) is 16.2. The zero-order chi connectivity index (χ0) is 20.8. The van der Waals surface area contributed by atoms with Gasteiger partial charge in [0.1, 0.15) is 23.4 Å². The van der Waals surface area contributed by atoms with Gasteiger partial charge < -0.3 is 20.3 Å². The maximum atomic E-state index is 13.7. The molecule has 1 atom stereocenters. The Morgan fingerprint density at radius 3 is 2.50 bits per heavy atom. The molecule has 6 nitrogen and oxygen atoms in total. The van der Waals surface area contributed by atoms with E-state index in [2.05, 4.69) is 10.6 Å². The molecule has 2 rings (SSSR count). The van der Waals surface area contributed by atoms with Gasteiger partial charge in [-0.1, -0.05) is 6.07 Å². The molecule has 0 fully saturated rings. The number of nitrogens with zero attached hydrogens (tertiary/aromatic N) is 1. The van der Waals surface area contributed by atoms with Crippen molar-refractivity contribution in [3.63, 3.8) is 0 Å². The van der Waals surface area contributed by atoms with Crippen molar-refractivity contribution < 1.29 is 23.1 Å². The van der Waals surface area contributed by atoms with Gasteiger partial charge in [0.25, 0.3) is 5.91 Å². The minimum absolute atomic E-state index is 0.153. The number of halogens is 2. The first kappa shape index (κ1) is 21.1. The van der Waals surface area contributed by atoms with E-state index in [0.29, 0.717) is 11.4 Å². The SMILES string of the molecule is Cc1ccc(NC(C)C(=O)Nc2cc(F)ccc2F)c(OCC(=O)N(C)C)c1. The second kappa shape index (κ2) is 9.16. The van der Waals surface area contributed by atoms with Gasteiger partial charge in [0, 0.05) is 20.2 Å². The third-order valence-corrected chi connectivity index (χ3v) is 3.94. The first-order chi connectivity index (χ1) is 13.2. The maximum absolute atomic E-state index is 13.7. The smallest absolute Gasteiger partial charge is 0.259 e. The molecule has 0 heterocycles. The van der Waals surface area contributed by atoms with E-state index in [1.165, 1.54) is 4.90 Å². The number of likely N-dealkylation sites (N-methyl/N-ethyl adjacent to an activating group) is 1. The number of hydrogen-bond donors (Lipinski definition) is 2. The molecule has 150 valence electrons. The summed E-state index contributed by atoms with van der Waals surface area (Å²) in [5.74, 6) is -1.74. The monoisotopic (exact) mass is 391 g/mol. The molecule has 2 aromatic rings. The largest absolute Gasteiger partial charge is 0.482 e. The van der Waals surface area contributed by atoms with Gasteiger partial charge in [-0.2, -0.15) is 0 Å². The maximum Gasteiger partial charge on any atom is 0.259 e. The quantitative estimate of drug-likeness (QED) is 0.761. The topological polar surface area (TPSA) is 70.7 Å². The Kier molecular flexibility index (Phi) is 6.92. The Balaban J connectivity index is 2.10. The van der Waals surface area contributed by atoms with Crippen molar-refractivity contribution in [3.05, 3.63) is 53.6 Å². The average molecular weight is 391 g/mol. The summed E-state index contributed by atoms with van der Waals surface area (Å²) < 4.78 is 32.6. The average Bonchev–Trinajstić information content (AvgIpc) is 2.64. The summed E-state index contributed by atoms with van der Waals surface area (Å²) in [5, 5.41) is 5.32. The van der Waals surface area contributed by atoms with Crippen LogP contribution in [0.25, 0.3) is 0 Å². The number of benzene rings is 2. The predicted molar refractivity (Wildman–Crippen MR) is 103 cm³/mol.